The smallest absolute Gasteiger partial charge is 0.168 e. The third kappa shape index (κ3) is 4.36. The molecule has 1 spiro atoms. The van der Waals surface area contributed by atoms with Crippen LogP contribution in [-0.4, -0.2) is 30.4 Å². The lowest BCUT2D eigenvalue weighted by atomic mass is 9.92. The van der Waals surface area contributed by atoms with Crippen LogP contribution in [0.15, 0.2) is 30.3 Å². The lowest BCUT2D eigenvalue weighted by molar-refractivity contribution is -0.192. The van der Waals surface area contributed by atoms with Gasteiger partial charge in [0.05, 0.1) is 25.4 Å². The summed E-state index contributed by atoms with van der Waals surface area (Å²) in [4.78, 5) is 12.3. The van der Waals surface area contributed by atoms with Gasteiger partial charge in [0.15, 0.2) is 5.79 Å². The molecule has 1 saturated heterocycles. The number of Topliss-reactive ketones (excluding diaryl/α,β-unsaturated/α-hetero) is 1. The second-order valence-corrected chi connectivity index (χ2v) is 8.13. The maximum atomic E-state index is 12.3. The van der Waals surface area contributed by atoms with Gasteiger partial charge < -0.3 is 14.2 Å². The van der Waals surface area contributed by atoms with Crippen molar-refractivity contribution in [3.05, 3.63) is 35.9 Å². The zero-order valence-electron chi connectivity index (χ0n) is 15.5. The molecule has 1 aromatic carbocycles. The molecule has 4 heteroatoms. The SMILES string of the molecule is O=C1CC[C@H](OCc2ccccc2)C[C@H]([C@H]2COC3(CCCCC3)O2)C1. The fraction of sp³-hybridized carbons (Fsp3) is 0.682. The Balaban J connectivity index is 1.36. The zero-order chi connectivity index (χ0) is 17.8. The highest BCUT2D eigenvalue weighted by Gasteiger charge is 2.45. The van der Waals surface area contributed by atoms with E-state index in [1.54, 1.807) is 0 Å². The fourth-order valence-corrected chi connectivity index (χ4v) is 4.64. The maximum absolute atomic E-state index is 12.3. The number of carbonyl (C=O) groups excluding carboxylic acids is 1. The Morgan fingerprint density at radius 3 is 2.73 bits per heavy atom. The van der Waals surface area contributed by atoms with Gasteiger partial charge in [0.1, 0.15) is 5.78 Å². The molecule has 1 heterocycles. The van der Waals surface area contributed by atoms with E-state index >= 15 is 0 Å². The van der Waals surface area contributed by atoms with Gasteiger partial charge in [-0.3, -0.25) is 4.79 Å². The molecule has 0 amide bonds. The molecule has 2 saturated carbocycles. The van der Waals surface area contributed by atoms with Crippen LogP contribution < -0.4 is 0 Å². The number of carbonyl (C=O) groups is 1. The molecule has 3 atom stereocenters. The average Bonchev–Trinajstić information content (AvgIpc) is 2.97. The van der Waals surface area contributed by atoms with Crippen molar-refractivity contribution in [2.24, 2.45) is 5.92 Å². The quantitative estimate of drug-likeness (QED) is 0.748. The largest absolute Gasteiger partial charge is 0.374 e. The number of ketones is 1. The van der Waals surface area contributed by atoms with Crippen molar-refractivity contribution < 1.29 is 19.0 Å². The predicted octanol–water partition coefficient (Wildman–Crippen LogP) is 4.41. The minimum absolute atomic E-state index is 0.0398. The molecule has 142 valence electrons. The van der Waals surface area contributed by atoms with Crippen LogP contribution >= 0.6 is 0 Å². The van der Waals surface area contributed by atoms with Crippen LogP contribution in [0.4, 0.5) is 0 Å². The Kier molecular flexibility index (Phi) is 5.72. The Labute approximate surface area is 156 Å². The number of rotatable bonds is 4. The molecular weight excluding hydrogens is 328 g/mol. The predicted molar refractivity (Wildman–Crippen MR) is 98.6 cm³/mol. The van der Waals surface area contributed by atoms with Gasteiger partial charge in [0.25, 0.3) is 0 Å². The number of hydrogen-bond donors (Lipinski definition) is 0. The Bertz CT molecular complexity index is 593. The number of hydrogen-bond acceptors (Lipinski definition) is 4. The molecular formula is C22H30O4. The van der Waals surface area contributed by atoms with Crippen molar-refractivity contribution in [2.75, 3.05) is 6.61 Å². The van der Waals surface area contributed by atoms with E-state index in [-0.39, 0.29) is 23.9 Å². The van der Waals surface area contributed by atoms with Crippen LogP contribution in [0.1, 0.15) is 63.4 Å². The van der Waals surface area contributed by atoms with Crippen molar-refractivity contribution in [3.8, 4) is 0 Å². The third-order valence-electron chi connectivity index (χ3n) is 6.15. The van der Waals surface area contributed by atoms with Crippen molar-refractivity contribution >= 4 is 5.78 Å². The summed E-state index contributed by atoms with van der Waals surface area (Å²) in [7, 11) is 0. The number of ether oxygens (including phenoxy) is 3. The molecule has 4 nitrogen and oxygen atoms in total. The van der Waals surface area contributed by atoms with E-state index in [4.69, 9.17) is 14.2 Å². The second-order valence-electron chi connectivity index (χ2n) is 8.13. The van der Waals surface area contributed by atoms with Gasteiger partial charge in [0, 0.05) is 25.7 Å². The molecule has 2 aliphatic carbocycles. The summed E-state index contributed by atoms with van der Waals surface area (Å²) in [6.45, 7) is 1.24. The van der Waals surface area contributed by atoms with Crippen molar-refractivity contribution in [3.63, 3.8) is 0 Å². The first kappa shape index (κ1) is 18.1. The van der Waals surface area contributed by atoms with Crippen molar-refractivity contribution in [1.29, 1.82) is 0 Å². The Morgan fingerprint density at radius 1 is 1.12 bits per heavy atom. The summed E-state index contributed by atoms with van der Waals surface area (Å²) in [6.07, 6.45) is 8.73. The molecule has 4 rings (SSSR count). The van der Waals surface area contributed by atoms with Crippen LogP contribution in [0.3, 0.4) is 0 Å². The molecule has 1 aliphatic heterocycles. The average molecular weight is 358 g/mol. The summed E-state index contributed by atoms with van der Waals surface area (Å²) in [5.74, 6) is 0.194. The normalized spacial score (nSPS) is 31.8. The van der Waals surface area contributed by atoms with E-state index in [0.717, 1.165) is 25.7 Å². The van der Waals surface area contributed by atoms with Gasteiger partial charge in [-0.2, -0.15) is 0 Å². The Hall–Kier alpha value is -1.23. The highest BCUT2D eigenvalue weighted by Crippen LogP contribution is 2.41. The summed E-state index contributed by atoms with van der Waals surface area (Å²) < 4.78 is 18.7. The van der Waals surface area contributed by atoms with E-state index < -0.39 is 0 Å². The van der Waals surface area contributed by atoms with E-state index in [9.17, 15) is 4.79 Å². The van der Waals surface area contributed by atoms with Gasteiger partial charge in [0.2, 0.25) is 0 Å². The van der Waals surface area contributed by atoms with Crippen LogP contribution in [-0.2, 0) is 25.6 Å². The third-order valence-corrected chi connectivity index (χ3v) is 6.15. The van der Waals surface area contributed by atoms with Gasteiger partial charge in [-0.05, 0) is 37.2 Å². The van der Waals surface area contributed by atoms with Gasteiger partial charge in [-0.25, -0.2) is 0 Å². The molecule has 0 aromatic heterocycles. The zero-order valence-corrected chi connectivity index (χ0v) is 15.5. The molecule has 0 unspecified atom stereocenters. The van der Waals surface area contributed by atoms with Crippen LogP contribution in [0, 0.1) is 5.92 Å². The standard InChI is InChI=1S/C22H30O4/c23-19-9-10-20(24-15-17-7-3-1-4-8-17)14-18(13-19)21-16-25-22(26-21)11-5-2-6-12-22/h1,3-4,7-8,18,20-21H,2,5-6,9-16H2/t18-,20+,21-/m1/s1. The molecule has 1 aromatic rings. The van der Waals surface area contributed by atoms with Gasteiger partial charge >= 0.3 is 0 Å². The van der Waals surface area contributed by atoms with E-state index in [0.29, 0.717) is 31.8 Å². The summed E-state index contributed by atoms with van der Waals surface area (Å²) in [5, 5.41) is 0. The summed E-state index contributed by atoms with van der Waals surface area (Å²) >= 11 is 0. The lowest BCUT2D eigenvalue weighted by Gasteiger charge is -2.33. The highest BCUT2D eigenvalue weighted by molar-refractivity contribution is 5.79. The van der Waals surface area contributed by atoms with Gasteiger partial charge in [-0.15, -0.1) is 0 Å². The van der Waals surface area contributed by atoms with Crippen LogP contribution in [0.5, 0.6) is 0 Å². The first-order valence-corrected chi connectivity index (χ1v) is 10.2. The van der Waals surface area contributed by atoms with Gasteiger partial charge in [-0.1, -0.05) is 36.8 Å². The van der Waals surface area contributed by atoms with Crippen molar-refractivity contribution in [1.82, 2.24) is 0 Å². The topological polar surface area (TPSA) is 44.8 Å². The first-order chi connectivity index (χ1) is 12.7. The van der Waals surface area contributed by atoms with Crippen molar-refractivity contribution in [2.45, 2.75) is 82.4 Å². The minimum atomic E-state index is -0.362. The molecule has 26 heavy (non-hydrogen) atoms. The Morgan fingerprint density at radius 2 is 1.92 bits per heavy atom. The van der Waals surface area contributed by atoms with E-state index in [2.05, 4.69) is 12.1 Å². The highest BCUT2D eigenvalue weighted by atomic mass is 16.7. The number of benzene rings is 1. The first-order valence-electron chi connectivity index (χ1n) is 10.2. The molecule has 3 aliphatic rings. The monoisotopic (exact) mass is 358 g/mol. The molecule has 0 N–H and O–H groups in total. The van der Waals surface area contributed by atoms with E-state index in [1.165, 1.54) is 24.8 Å². The lowest BCUT2D eigenvalue weighted by Crippen LogP contribution is -2.35. The molecule has 0 radical (unpaired) electrons. The van der Waals surface area contributed by atoms with Crippen LogP contribution in [0.25, 0.3) is 0 Å². The minimum Gasteiger partial charge on any atom is -0.374 e. The fourth-order valence-electron chi connectivity index (χ4n) is 4.64. The summed E-state index contributed by atoms with van der Waals surface area (Å²) in [6, 6.07) is 10.2. The van der Waals surface area contributed by atoms with Crippen LogP contribution in [0.2, 0.25) is 0 Å². The van der Waals surface area contributed by atoms with E-state index in [1.807, 2.05) is 18.2 Å². The molecule has 3 fully saturated rings. The summed E-state index contributed by atoms with van der Waals surface area (Å²) in [5.41, 5.74) is 1.18. The molecule has 0 bridgehead atoms. The second kappa shape index (κ2) is 8.20. The maximum Gasteiger partial charge on any atom is 0.168 e.